The number of hydrogen-bond acceptors (Lipinski definition) is 4. The summed E-state index contributed by atoms with van der Waals surface area (Å²) in [6.45, 7) is 6.27. The number of piperazine rings is 1. The minimum Gasteiger partial charge on any atom is -0.301 e. The monoisotopic (exact) mass is 299 g/mol. The van der Waals surface area contributed by atoms with E-state index in [2.05, 4.69) is 20.2 Å². The van der Waals surface area contributed by atoms with Gasteiger partial charge in [0.2, 0.25) is 0 Å². The zero-order valence-electron chi connectivity index (χ0n) is 11.4. The van der Waals surface area contributed by atoms with E-state index in [4.69, 9.17) is 11.6 Å². The van der Waals surface area contributed by atoms with E-state index < -0.39 is 0 Å². The average Bonchev–Trinajstić information content (AvgIpc) is 3.19. The number of nitrogens with zero attached hydrogens (tertiary/aromatic N) is 3. The molecule has 0 N–H and O–H groups in total. The van der Waals surface area contributed by atoms with Gasteiger partial charge in [0, 0.05) is 44.0 Å². The lowest BCUT2D eigenvalue weighted by atomic mass is 10.2. The molecule has 0 unspecified atom stereocenters. The van der Waals surface area contributed by atoms with Gasteiger partial charge in [0.25, 0.3) is 0 Å². The van der Waals surface area contributed by atoms with Crippen LogP contribution in [0.4, 0.5) is 0 Å². The second kappa shape index (κ2) is 6.53. The van der Waals surface area contributed by atoms with Crippen LogP contribution in [0, 0.1) is 0 Å². The van der Waals surface area contributed by atoms with E-state index in [-0.39, 0.29) is 0 Å². The summed E-state index contributed by atoms with van der Waals surface area (Å²) in [7, 11) is 0. The second-order valence-electron chi connectivity index (χ2n) is 5.58. The molecule has 3 rings (SSSR count). The van der Waals surface area contributed by atoms with Crippen molar-refractivity contribution >= 4 is 22.9 Å². The predicted octanol–water partition coefficient (Wildman–Crippen LogP) is 2.59. The molecule has 0 atom stereocenters. The SMILES string of the molecule is ClCc1csc(CCCN2CCN(C3CC3)CC2)n1. The molecule has 1 aromatic rings. The Hall–Kier alpha value is -0.160. The molecule has 1 aliphatic heterocycles. The molecule has 19 heavy (non-hydrogen) atoms. The smallest absolute Gasteiger partial charge is 0.0929 e. The topological polar surface area (TPSA) is 19.4 Å². The number of halogens is 1. The third-order valence-corrected chi connectivity index (χ3v) is 5.30. The average molecular weight is 300 g/mol. The number of thiazole rings is 1. The summed E-state index contributed by atoms with van der Waals surface area (Å²) in [5, 5.41) is 3.32. The highest BCUT2D eigenvalue weighted by Gasteiger charge is 2.30. The lowest BCUT2D eigenvalue weighted by molar-refractivity contribution is 0.126. The summed E-state index contributed by atoms with van der Waals surface area (Å²) >= 11 is 7.52. The number of aryl methyl sites for hydroxylation is 1. The predicted molar refractivity (Wildman–Crippen MR) is 81.0 cm³/mol. The van der Waals surface area contributed by atoms with Crippen molar-refractivity contribution in [3.8, 4) is 0 Å². The molecular weight excluding hydrogens is 278 g/mol. The van der Waals surface area contributed by atoms with Crippen molar-refractivity contribution < 1.29 is 0 Å². The Bertz CT molecular complexity index is 397. The van der Waals surface area contributed by atoms with E-state index in [1.165, 1.54) is 57.0 Å². The summed E-state index contributed by atoms with van der Waals surface area (Å²) in [6, 6.07) is 0.937. The van der Waals surface area contributed by atoms with Crippen LogP contribution in [0.5, 0.6) is 0 Å². The van der Waals surface area contributed by atoms with Gasteiger partial charge in [-0.15, -0.1) is 22.9 Å². The van der Waals surface area contributed by atoms with Crippen molar-refractivity contribution in [1.82, 2.24) is 14.8 Å². The molecule has 0 radical (unpaired) electrons. The first-order valence-electron chi connectivity index (χ1n) is 7.31. The van der Waals surface area contributed by atoms with E-state index in [0.717, 1.165) is 18.2 Å². The lowest BCUT2D eigenvalue weighted by Gasteiger charge is -2.34. The number of hydrogen-bond donors (Lipinski definition) is 0. The number of rotatable bonds is 6. The Morgan fingerprint density at radius 2 is 2.05 bits per heavy atom. The number of aromatic nitrogens is 1. The third-order valence-electron chi connectivity index (χ3n) is 4.07. The highest BCUT2D eigenvalue weighted by Crippen LogP contribution is 2.27. The van der Waals surface area contributed by atoms with Gasteiger partial charge < -0.3 is 4.90 Å². The molecule has 0 spiro atoms. The van der Waals surface area contributed by atoms with Crippen LogP contribution >= 0.6 is 22.9 Å². The first kappa shape index (κ1) is 13.8. The van der Waals surface area contributed by atoms with Gasteiger partial charge in [0.05, 0.1) is 16.6 Å². The molecule has 2 aliphatic rings. The van der Waals surface area contributed by atoms with E-state index >= 15 is 0 Å². The molecule has 1 aliphatic carbocycles. The molecule has 0 aromatic carbocycles. The zero-order chi connectivity index (χ0) is 13.1. The molecule has 2 heterocycles. The van der Waals surface area contributed by atoms with Crippen molar-refractivity contribution in [2.24, 2.45) is 0 Å². The molecular formula is C14H22ClN3S. The van der Waals surface area contributed by atoms with Crippen LogP contribution in [0.25, 0.3) is 0 Å². The Labute approximate surface area is 124 Å². The first-order valence-corrected chi connectivity index (χ1v) is 8.72. The van der Waals surface area contributed by atoms with Crippen LogP contribution in [0.2, 0.25) is 0 Å². The second-order valence-corrected chi connectivity index (χ2v) is 6.79. The normalized spacial score (nSPS) is 21.9. The maximum Gasteiger partial charge on any atom is 0.0929 e. The van der Waals surface area contributed by atoms with Crippen LogP contribution in [-0.2, 0) is 12.3 Å². The van der Waals surface area contributed by atoms with Crippen molar-refractivity contribution in [2.45, 2.75) is 37.6 Å². The van der Waals surface area contributed by atoms with Gasteiger partial charge in [-0.2, -0.15) is 0 Å². The van der Waals surface area contributed by atoms with Gasteiger partial charge in [-0.05, 0) is 25.8 Å². The largest absolute Gasteiger partial charge is 0.301 e. The van der Waals surface area contributed by atoms with Crippen molar-refractivity contribution in [3.63, 3.8) is 0 Å². The molecule has 0 amide bonds. The maximum absolute atomic E-state index is 5.77. The lowest BCUT2D eigenvalue weighted by Crippen LogP contribution is -2.47. The Balaban J connectivity index is 1.34. The molecule has 2 fully saturated rings. The fourth-order valence-corrected chi connectivity index (χ4v) is 3.84. The van der Waals surface area contributed by atoms with Crippen LogP contribution in [0.15, 0.2) is 5.38 Å². The van der Waals surface area contributed by atoms with E-state index in [1.807, 2.05) is 0 Å². The molecule has 106 valence electrons. The minimum atomic E-state index is 0.541. The van der Waals surface area contributed by atoms with Crippen LogP contribution < -0.4 is 0 Å². The van der Waals surface area contributed by atoms with Gasteiger partial charge in [-0.1, -0.05) is 0 Å². The van der Waals surface area contributed by atoms with E-state index in [9.17, 15) is 0 Å². The summed E-state index contributed by atoms with van der Waals surface area (Å²) in [4.78, 5) is 9.79. The van der Waals surface area contributed by atoms with Crippen molar-refractivity contribution in [3.05, 3.63) is 16.1 Å². The Kier molecular flexibility index (Phi) is 4.74. The highest BCUT2D eigenvalue weighted by molar-refractivity contribution is 7.09. The number of alkyl halides is 1. The van der Waals surface area contributed by atoms with Gasteiger partial charge in [-0.3, -0.25) is 4.90 Å². The van der Waals surface area contributed by atoms with Crippen molar-refractivity contribution in [2.75, 3.05) is 32.7 Å². The fraction of sp³-hybridized carbons (Fsp3) is 0.786. The summed E-state index contributed by atoms with van der Waals surface area (Å²) in [5.74, 6) is 0.541. The molecule has 5 heteroatoms. The quantitative estimate of drug-likeness (QED) is 0.753. The minimum absolute atomic E-state index is 0.541. The van der Waals surface area contributed by atoms with Crippen molar-refractivity contribution in [1.29, 1.82) is 0 Å². The fourth-order valence-electron chi connectivity index (χ4n) is 2.77. The molecule has 0 bridgehead atoms. The standard InChI is InChI=1S/C14H22ClN3S/c15-10-12-11-19-14(16-12)2-1-5-17-6-8-18(9-7-17)13-3-4-13/h11,13H,1-10H2. The van der Waals surface area contributed by atoms with Crippen LogP contribution in [-0.4, -0.2) is 53.5 Å². The van der Waals surface area contributed by atoms with Gasteiger partial charge >= 0.3 is 0 Å². The first-order chi connectivity index (χ1) is 9.35. The maximum atomic E-state index is 5.77. The Morgan fingerprint density at radius 1 is 1.26 bits per heavy atom. The van der Waals surface area contributed by atoms with Crippen LogP contribution in [0.1, 0.15) is 30.0 Å². The Morgan fingerprint density at radius 3 is 2.68 bits per heavy atom. The summed E-state index contributed by atoms with van der Waals surface area (Å²) in [6.07, 6.45) is 5.20. The van der Waals surface area contributed by atoms with Gasteiger partial charge in [0.15, 0.2) is 0 Å². The molecule has 1 saturated carbocycles. The molecule has 1 saturated heterocycles. The highest BCUT2D eigenvalue weighted by atomic mass is 35.5. The molecule has 3 nitrogen and oxygen atoms in total. The van der Waals surface area contributed by atoms with Crippen LogP contribution in [0.3, 0.4) is 0 Å². The molecule has 1 aromatic heterocycles. The van der Waals surface area contributed by atoms with E-state index in [0.29, 0.717) is 5.88 Å². The zero-order valence-corrected chi connectivity index (χ0v) is 12.9. The van der Waals surface area contributed by atoms with E-state index in [1.54, 1.807) is 11.3 Å². The van der Waals surface area contributed by atoms with Gasteiger partial charge in [-0.25, -0.2) is 4.98 Å². The third kappa shape index (κ3) is 3.91. The van der Waals surface area contributed by atoms with Gasteiger partial charge in [0.1, 0.15) is 0 Å². The summed E-state index contributed by atoms with van der Waals surface area (Å²) < 4.78 is 0. The summed E-state index contributed by atoms with van der Waals surface area (Å²) in [5.41, 5.74) is 1.03.